The molecular formula is C32H51F. The molecule has 0 nitrogen and oxygen atoms in total. The highest BCUT2D eigenvalue weighted by atomic mass is 19.1. The summed E-state index contributed by atoms with van der Waals surface area (Å²) < 4.78 is 15.2. The maximum Gasteiger partial charge on any atom is 0.126 e. The largest absolute Gasteiger partial charge is 0.207 e. The van der Waals surface area contributed by atoms with Gasteiger partial charge >= 0.3 is 0 Å². The molecular weight excluding hydrogens is 403 g/mol. The summed E-state index contributed by atoms with van der Waals surface area (Å²) in [5.74, 6) is 4.30. The number of aryl methyl sites for hydroxylation is 1. The van der Waals surface area contributed by atoms with Gasteiger partial charge in [-0.25, -0.2) is 4.39 Å². The Hall–Kier alpha value is -0.850. The normalized spacial score (nSPS) is 29.5. The fourth-order valence-electron chi connectivity index (χ4n) is 7.67. The lowest BCUT2D eigenvalue weighted by Crippen LogP contribution is -2.30. The molecule has 1 heteroatoms. The molecule has 0 amide bonds. The third kappa shape index (κ3) is 6.85. The number of hydrogen-bond donors (Lipinski definition) is 0. The van der Waals surface area contributed by atoms with Crippen LogP contribution < -0.4 is 0 Å². The molecule has 1 aromatic carbocycles. The van der Waals surface area contributed by atoms with Gasteiger partial charge in [-0.3, -0.25) is 0 Å². The quantitative estimate of drug-likeness (QED) is 0.292. The van der Waals surface area contributed by atoms with Crippen LogP contribution in [0, 0.1) is 29.5 Å². The molecule has 2 fully saturated rings. The predicted octanol–water partition coefficient (Wildman–Crippen LogP) is 10.2. The molecule has 0 N–H and O–H groups in total. The predicted molar refractivity (Wildman–Crippen MR) is 140 cm³/mol. The van der Waals surface area contributed by atoms with E-state index in [2.05, 4.69) is 19.9 Å². The number of unbranched alkanes of at least 4 members (excludes halogenated alkanes) is 6. The smallest absolute Gasteiger partial charge is 0.126 e. The van der Waals surface area contributed by atoms with E-state index in [1.807, 2.05) is 6.07 Å². The number of benzene rings is 1. The maximum atomic E-state index is 15.2. The second-order valence-corrected chi connectivity index (χ2v) is 12.2. The summed E-state index contributed by atoms with van der Waals surface area (Å²) in [6.45, 7) is 4.58. The van der Waals surface area contributed by atoms with E-state index in [1.54, 1.807) is 0 Å². The van der Waals surface area contributed by atoms with Crippen molar-refractivity contribution in [3.8, 4) is 0 Å². The summed E-state index contributed by atoms with van der Waals surface area (Å²) >= 11 is 0. The summed E-state index contributed by atoms with van der Waals surface area (Å²) in [4.78, 5) is 0. The van der Waals surface area contributed by atoms with Crippen LogP contribution in [0.1, 0.15) is 146 Å². The molecule has 0 aromatic heterocycles. The van der Waals surface area contributed by atoms with Crippen molar-refractivity contribution in [3.05, 3.63) is 34.6 Å². The van der Waals surface area contributed by atoms with Crippen LogP contribution >= 0.6 is 0 Å². The lowest BCUT2D eigenvalue weighted by molar-refractivity contribution is 0.113. The second-order valence-electron chi connectivity index (χ2n) is 12.2. The lowest BCUT2D eigenvalue weighted by atomic mass is 9.63. The molecule has 3 aliphatic rings. The maximum absolute atomic E-state index is 15.2. The third-order valence-electron chi connectivity index (χ3n) is 9.75. The summed E-state index contributed by atoms with van der Waals surface area (Å²) in [7, 11) is 0. The molecule has 5 atom stereocenters. The van der Waals surface area contributed by atoms with E-state index in [4.69, 9.17) is 0 Å². The summed E-state index contributed by atoms with van der Waals surface area (Å²) in [5.41, 5.74) is 3.76. The van der Waals surface area contributed by atoms with Gasteiger partial charge in [0.1, 0.15) is 5.82 Å². The van der Waals surface area contributed by atoms with Crippen LogP contribution in [0.5, 0.6) is 0 Å². The average Bonchev–Trinajstić information content (AvgIpc) is 2.84. The Morgan fingerprint density at radius 1 is 0.727 bits per heavy atom. The molecule has 0 radical (unpaired) electrons. The van der Waals surface area contributed by atoms with Gasteiger partial charge < -0.3 is 0 Å². The minimum Gasteiger partial charge on any atom is -0.207 e. The highest BCUT2D eigenvalue weighted by Gasteiger charge is 2.36. The molecule has 0 heterocycles. The van der Waals surface area contributed by atoms with Crippen molar-refractivity contribution in [2.45, 2.75) is 142 Å². The standard InChI is InChI=1S/C32H51F/c1-3-5-7-8-10-12-24-13-15-27-21-28(18-17-26(27)19-24)30-22-29-16-14-25(11-9-6-4-2)20-31(29)32(33)23-30/h22-28H,3-21H2,1-2H3. The zero-order chi connectivity index (χ0) is 23.0. The Bertz CT molecular complexity index is 721. The summed E-state index contributed by atoms with van der Waals surface area (Å²) in [5, 5.41) is 0. The Morgan fingerprint density at radius 2 is 1.42 bits per heavy atom. The van der Waals surface area contributed by atoms with Crippen molar-refractivity contribution < 1.29 is 4.39 Å². The van der Waals surface area contributed by atoms with Crippen LogP contribution in [0.25, 0.3) is 0 Å². The van der Waals surface area contributed by atoms with Crippen molar-refractivity contribution in [2.75, 3.05) is 0 Å². The summed E-state index contributed by atoms with van der Waals surface area (Å²) in [6.07, 6.45) is 25.6. The van der Waals surface area contributed by atoms with E-state index in [-0.39, 0.29) is 5.82 Å². The second kappa shape index (κ2) is 12.7. The van der Waals surface area contributed by atoms with Crippen molar-refractivity contribution in [3.63, 3.8) is 0 Å². The highest BCUT2D eigenvalue weighted by molar-refractivity contribution is 5.37. The first-order valence-electron chi connectivity index (χ1n) is 15.0. The molecule has 0 aliphatic heterocycles. The van der Waals surface area contributed by atoms with Gasteiger partial charge in [0.05, 0.1) is 0 Å². The Labute approximate surface area is 204 Å². The van der Waals surface area contributed by atoms with Crippen LogP contribution in [0.15, 0.2) is 12.1 Å². The molecule has 0 bridgehead atoms. The Balaban J connectivity index is 1.28. The zero-order valence-electron chi connectivity index (χ0n) is 21.9. The topological polar surface area (TPSA) is 0 Å². The summed E-state index contributed by atoms with van der Waals surface area (Å²) in [6, 6.07) is 4.40. The monoisotopic (exact) mass is 454 g/mol. The van der Waals surface area contributed by atoms with E-state index in [1.165, 1.54) is 120 Å². The first-order valence-corrected chi connectivity index (χ1v) is 15.0. The van der Waals surface area contributed by atoms with Crippen LogP contribution in [0.2, 0.25) is 0 Å². The third-order valence-corrected chi connectivity index (χ3v) is 9.75. The average molecular weight is 455 g/mol. The molecule has 4 rings (SSSR count). The first kappa shape index (κ1) is 25.2. The fraction of sp³-hybridized carbons (Fsp3) is 0.812. The van der Waals surface area contributed by atoms with E-state index >= 15 is 4.39 Å². The molecule has 0 spiro atoms. The zero-order valence-corrected chi connectivity index (χ0v) is 21.9. The highest BCUT2D eigenvalue weighted by Crippen LogP contribution is 2.49. The minimum atomic E-state index is 0.122. The van der Waals surface area contributed by atoms with Gasteiger partial charge in [-0.05, 0) is 104 Å². The van der Waals surface area contributed by atoms with Crippen molar-refractivity contribution in [2.24, 2.45) is 23.7 Å². The van der Waals surface area contributed by atoms with Crippen LogP contribution in [-0.2, 0) is 12.8 Å². The Kier molecular flexibility index (Phi) is 9.75. The lowest BCUT2D eigenvalue weighted by Gasteiger charge is -2.42. The first-order chi connectivity index (χ1) is 16.2. The van der Waals surface area contributed by atoms with Crippen molar-refractivity contribution in [1.82, 2.24) is 0 Å². The van der Waals surface area contributed by atoms with E-state index in [0.29, 0.717) is 11.8 Å². The van der Waals surface area contributed by atoms with Crippen LogP contribution in [0.3, 0.4) is 0 Å². The van der Waals surface area contributed by atoms with E-state index < -0.39 is 0 Å². The molecule has 0 saturated heterocycles. The van der Waals surface area contributed by atoms with Gasteiger partial charge in [0.2, 0.25) is 0 Å². The SMILES string of the molecule is CCCCCCCC1CCC2CC(c3cc(F)c4c(c3)CCC(CCCCC)C4)CCC2C1. The minimum absolute atomic E-state index is 0.122. The molecule has 33 heavy (non-hydrogen) atoms. The molecule has 186 valence electrons. The molecule has 2 saturated carbocycles. The van der Waals surface area contributed by atoms with E-state index in [0.717, 1.165) is 36.2 Å². The van der Waals surface area contributed by atoms with Gasteiger partial charge in [-0.1, -0.05) is 90.5 Å². The van der Waals surface area contributed by atoms with Crippen molar-refractivity contribution in [1.29, 1.82) is 0 Å². The van der Waals surface area contributed by atoms with Gasteiger partial charge in [0, 0.05) is 0 Å². The molecule has 1 aromatic rings. The number of fused-ring (bicyclic) bond motifs is 2. The van der Waals surface area contributed by atoms with Crippen molar-refractivity contribution >= 4 is 0 Å². The van der Waals surface area contributed by atoms with Gasteiger partial charge in [0.25, 0.3) is 0 Å². The number of hydrogen-bond acceptors (Lipinski definition) is 0. The Morgan fingerprint density at radius 3 is 2.27 bits per heavy atom. The molecule has 5 unspecified atom stereocenters. The molecule has 3 aliphatic carbocycles. The van der Waals surface area contributed by atoms with Gasteiger partial charge in [-0.2, -0.15) is 0 Å². The van der Waals surface area contributed by atoms with E-state index in [9.17, 15) is 0 Å². The van der Waals surface area contributed by atoms with Gasteiger partial charge in [0.15, 0.2) is 0 Å². The number of halogens is 1. The van der Waals surface area contributed by atoms with Crippen LogP contribution in [0.4, 0.5) is 4.39 Å². The van der Waals surface area contributed by atoms with Crippen LogP contribution in [-0.4, -0.2) is 0 Å². The number of rotatable bonds is 11. The fourth-order valence-corrected chi connectivity index (χ4v) is 7.67. The van der Waals surface area contributed by atoms with Gasteiger partial charge in [-0.15, -0.1) is 0 Å².